The Morgan fingerprint density at radius 1 is 1.00 bits per heavy atom. The maximum atomic E-state index is 13.1. The summed E-state index contributed by atoms with van der Waals surface area (Å²) >= 11 is 0. The maximum Gasteiger partial charge on any atom is 0.247 e. The molecular weight excluding hydrogens is 396 g/mol. The van der Waals surface area contributed by atoms with Crippen LogP contribution < -0.4 is 0 Å². The maximum absolute atomic E-state index is 13.1. The Labute approximate surface area is 187 Å². The van der Waals surface area contributed by atoms with E-state index in [1.165, 1.54) is 0 Å². The number of para-hydroxylation sites is 1. The Hall–Kier alpha value is -3.99. The summed E-state index contributed by atoms with van der Waals surface area (Å²) in [5, 5.41) is 4.82. The van der Waals surface area contributed by atoms with Gasteiger partial charge in [-0.3, -0.25) is 9.78 Å². The zero-order chi connectivity index (χ0) is 21.8. The molecule has 0 unspecified atom stereocenters. The van der Waals surface area contributed by atoms with Gasteiger partial charge in [-0.15, -0.1) is 0 Å². The average molecular weight is 421 g/mol. The number of nitrogens with zero attached hydrogens (tertiary/aromatic N) is 4. The third-order valence-corrected chi connectivity index (χ3v) is 5.56. The molecule has 2 aromatic heterocycles. The second-order valence-corrected chi connectivity index (χ2v) is 7.97. The third-order valence-electron chi connectivity index (χ3n) is 5.56. The van der Waals surface area contributed by atoms with Gasteiger partial charge in [0.15, 0.2) is 0 Å². The molecule has 4 aromatic rings. The zero-order valence-electron chi connectivity index (χ0n) is 17.7. The van der Waals surface area contributed by atoms with Gasteiger partial charge >= 0.3 is 0 Å². The quantitative estimate of drug-likeness (QED) is 0.389. The van der Waals surface area contributed by atoms with Crippen molar-refractivity contribution in [3.05, 3.63) is 109 Å². The van der Waals surface area contributed by atoms with Crippen molar-refractivity contribution in [1.82, 2.24) is 19.7 Å². The molecule has 0 N–H and O–H groups in total. The SMILES string of the molecule is O=C(C=Cc1cn(-c2ccccc2)nc1-c1ccccc1)N(Cc1cccnc1)C1CC1. The van der Waals surface area contributed by atoms with E-state index in [2.05, 4.69) is 4.98 Å². The first kappa shape index (κ1) is 19.9. The summed E-state index contributed by atoms with van der Waals surface area (Å²) in [6.45, 7) is 0.580. The molecule has 5 nitrogen and oxygen atoms in total. The smallest absolute Gasteiger partial charge is 0.247 e. The lowest BCUT2D eigenvalue weighted by atomic mass is 10.1. The standard InChI is InChI=1S/C27H24N4O/c32-26(30(24-14-15-24)19-21-8-7-17-28-18-21)16-13-23-20-31(25-11-5-2-6-12-25)29-27(23)22-9-3-1-4-10-22/h1-13,16-18,20,24H,14-15,19H2. The summed E-state index contributed by atoms with van der Waals surface area (Å²) in [4.78, 5) is 19.2. The number of benzene rings is 2. The summed E-state index contributed by atoms with van der Waals surface area (Å²) < 4.78 is 1.86. The van der Waals surface area contributed by atoms with Crippen molar-refractivity contribution in [3.8, 4) is 16.9 Å². The van der Waals surface area contributed by atoms with Crippen LogP contribution in [0.4, 0.5) is 0 Å². The van der Waals surface area contributed by atoms with E-state index in [9.17, 15) is 4.79 Å². The molecule has 32 heavy (non-hydrogen) atoms. The number of rotatable bonds is 7. The Morgan fingerprint density at radius 2 is 1.75 bits per heavy atom. The largest absolute Gasteiger partial charge is 0.332 e. The normalized spacial score (nSPS) is 13.4. The summed E-state index contributed by atoms with van der Waals surface area (Å²) in [6, 6.07) is 24.3. The lowest BCUT2D eigenvalue weighted by Gasteiger charge is -2.20. The van der Waals surface area contributed by atoms with Crippen LogP contribution in [0.5, 0.6) is 0 Å². The minimum Gasteiger partial charge on any atom is -0.332 e. The molecule has 0 atom stereocenters. The van der Waals surface area contributed by atoms with Crippen LogP contribution in [0.2, 0.25) is 0 Å². The third kappa shape index (κ3) is 4.52. The fourth-order valence-corrected chi connectivity index (χ4v) is 3.76. The van der Waals surface area contributed by atoms with Crippen molar-refractivity contribution >= 4 is 12.0 Å². The summed E-state index contributed by atoms with van der Waals surface area (Å²) in [6.07, 6.45) is 11.2. The Balaban J connectivity index is 1.44. The summed E-state index contributed by atoms with van der Waals surface area (Å²) in [5.74, 6) is 0.0165. The van der Waals surface area contributed by atoms with Crippen molar-refractivity contribution in [2.75, 3.05) is 0 Å². The number of amides is 1. The van der Waals surface area contributed by atoms with E-state index in [1.54, 1.807) is 12.3 Å². The predicted molar refractivity (Wildman–Crippen MR) is 126 cm³/mol. The highest BCUT2D eigenvalue weighted by Crippen LogP contribution is 2.29. The van der Waals surface area contributed by atoms with Crippen LogP contribution in [0.25, 0.3) is 23.0 Å². The van der Waals surface area contributed by atoms with Crippen molar-refractivity contribution in [3.63, 3.8) is 0 Å². The Bertz CT molecular complexity index is 1210. The van der Waals surface area contributed by atoms with Gasteiger partial charge in [-0.2, -0.15) is 5.10 Å². The molecule has 1 saturated carbocycles. The molecule has 1 fully saturated rings. The van der Waals surface area contributed by atoms with Crippen molar-refractivity contribution < 1.29 is 4.79 Å². The highest BCUT2D eigenvalue weighted by molar-refractivity contribution is 5.93. The number of pyridine rings is 1. The summed E-state index contributed by atoms with van der Waals surface area (Å²) in [7, 11) is 0. The minimum absolute atomic E-state index is 0.0165. The molecule has 1 aliphatic carbocycles. The van der Waals surface area contributed by atoms with Crippen LogP contribution >= 0.6 is 0 Å². The average Bonchev–Trinajstić information content (AvgIpc) is 3.61. The molecule has 2 heterocycles. The van der Waals surface area contributed by atoms with Crippen LogP contribution in [0.3, 0.4) is 0 Å². The van der Waals surface area contributed by atoms with Gasteiger partial charge in [-0.1, -0.05) is 54.6 Å². The van der Waals surface area contributed by atoms with Gasteiger partial charge in [-0.05, 0) is 42.7 Å². The molecule has 0 bridgehead atoms. The molecule has 158 valence electrons. The monoisotopic (exact) mass is 420 g/mol. The molecule has 5 heteroatoms. The molecular formula is C27H24N4O. The van der Waals surface area contributed by atoms with E-state index in [-0.39, 0.29) is 5.91 Å². The number of aromatic nitrogens is 3. The van der Waals surface area contributed by atoms with Gasteiger partial charge in [0.2, 0.25) is 5.91 Å². The molecule has 0 saturated heterocycles. The highest BCUT2D eigenvalue weighted by Gasteiger charge is 2.31. The topological polar surface area (TPSA) is 51.0 Å². The molecule has 0 aliphatic heterocycles. The molecule has 2 aromatic carbocycles. The molecule has 5 rings (SSSR count). The van der Waals surface area contributed by atoms with Crippen molar-refractivity contribution in [2.24, 2.45) is 0 Å². The second kappa shape index (κ2) is 9.02. The minimum atomic E-state index is 0.0165. The molecule has 0 spiro atoms. The fraction of sp³-hybridized carbons (Fsp3) is 0.148. The number of carbonyl (C=O) groups is 1. The lowest BCUT2D eigenvalue weighted by molar-refractivity contribution is -0.127. The molecule has 1 aliphatic rings. The number of hydrogen-bond donors (Lipinski definition) is 0. The highest BCUT2D eigenvalue weighted by atomic mass is 16.2. The van der Waals surface area contributed by atoms with Crippen molar-refractivity contribution in [1.29, 1.82) is 0 Å². The van der Waals surface area contributed by atoms with E-state index in [0.717, 1.165) is 40.9 Å². The Morgan fingerprint density at radius 3 is 2.44 bits per heavy atom. The van der Waals surface area contributed by atoms with Gasteiger partial charge in [0.1, 0.15) is 0 Å². The van der Waals surface area contributed by atoms with Crippen LogP contribution in [-0.2, 0) is 11.3 Å². The van der Waals surface area contributed by atoms with Gasteiger partial charge < -0.3 is 4.90 Å². The van der Waals surface area contributed by atoms with E-state index < -0.39 is 0 Å². The van der Waals surface area contributed by atoms with E-state index in [1.807, 2.05) is 101 Å². The number of hydrogen-bond acceptors (Lipinski definition) is 3. The Kier molecular flexibility index (Phi) is 5.62. The van der Waals surface area contributed by atoms with Crippen LogP contribution in [0, 0.1) is 0 Å². The zero-order valence-corrected chi connectivity index (χ0v) is 17.7. The molecule has 1 amide bonds. The van der Waals surface area contributed by atoms with E-state index in [4.69, 9.17) is 5.10 Å². The van der Waals surface area contributed by atoms with Gasteiger partial charge in [0.25, 0.3) is 0 Å². The number of carbonyl (C=O) groups excluding carboxylic acids is 1. The van der Waals surface area contributed by atoms with Gasteiger partial charge in [0.05, 0.1) is 11.4 Å². The van der Waals surface area contributed by atoms with E-state index >= 15 is 0 Å². The van der Waals surface area contributed by atoms with Crippen LogP contribution in [0.15, 0.2) is 97.5 Å². The predicted octanol–water partition coefficient (Wildman–Crippen LogP) is 5.14. The second-order valence-electron chi connectivity index (χ2n) is 7.97. The van der Waals surface area contributed by atoms with Crippen LogP contribution in [0.1, 0.15) is 24.0 Å². The first-order chi connectivity index (χ1) is 15.8. The van der Waals surface area contributed by atoms with Gasteiger partial charge in [0, 0.05) is 48.4 Å². The fourth-order valence-electron chi connectivity index (χ4n) is 3.76. The first-order valence-corrected chi connectivity index (χ1v) is 10.9. The van der Waals surface area contributed by atoms with Crippen LogP contribution in [-0.4, -0.2) is 31.6 Å². The summed E-state index contributed by atoms with van der Waals surface area (Å²) in [5.41, 5.74) is 4.80. The molecule has 0 radical (unpaired) electrons. The van der Waals surface area contributed by atoms with Crippen molar-refractivity contribution in [2.45, 2.75) is 25.4 Å². The first-order valence-electron chi connectivity index (χ1n) is 10.9. The lowest BCUT2D eigenvalue weighted by Crippen LogP contribution is -2.31. The van der Waals surface area contributed by atoms with Gasteiger partial charge in [-0.25, -0.2) is 4.68 Å². The van der Waals surface area contributed by atoms with E-state index in [0.29, 0.717) is 12.6 Å².